The molecule has 0 unspecified atom stereocenters. The number of carbonyl (C=O) groups excluding carboxylic acids is 2. The smallest absolute Gasteiger partial charge is 0.469 e. The van der Waals surface area contributed by atoms with Gasteiger partial charge in [-0.25, -0.2) is 9.36 Å². The molecule has 2 amide bonds. The zero-order valence-corrected chi connectivity index (χ0v) is 16.4. The molecule has 9 N–H and O–H groups in total. The Labute approximate surface area is 160 Å². The van der Waals surface area contributed by atoms with Crippen LogP contribution in [0.2, 0.25) is 0 Å². The van der Waals surface area contributed by atoms with Crippen molar-refractivity contribution in [2.24, 2.45) is 5.92 Å². The van der Waals surface area contributed by atoms with E-state index in [-0.39, 0.29) is 25.2 Å². The van der Waals surface area contributed by atoms with Crippen molar-refractivity contribution in [3.8, 4) is 0 Å². The van der Waals surface area contributed by atoms with E-state index in [1.807, 2.05) is 0 Å². The van der Waals surface area contributed by atoms with Gasteiger partial charge in [0.15, 0.2) is 6.04 Å². The normalized spacial score (nSPS) is 14.8. The Kier molecular flexibility index (Phi) is 10.9. The summed E-state index contributed by atoms with van der Waals surface area (Å²) in [6.07, 6.45) is -0.412. The predicted molar refractivity (Wildman–Crippen MR) is 92.5 cm³/mol. The lowest BCUT2D eigenvalue weighted by atomic mass is 10.0. The molecule has 28 heavy (non-hydrogen) atoms. The summed E-state index contributed by atoms with van der Waals surface area (Å²) in [5.41, 5.74) is 3.46. The largest absolute Gasteiger partial charge is 0.481 e. The van der Waals surface area contributed by atoms with Crippen LogP contribution in [0.15, 0.2) is 0 Å². The number of nitrogens with one attached hydrogen (secondary N) is 2. The van der Waals surface area contributed by atoms with E-state index in [1.165, 1.54) is 0 Å². The molecule has 0 aliphatic carbocycles. The molecule has 0 radical (unpaired) electrons. The molecule has 0 rings (SSSR count). The highest BCUT2D eigenvalue weighted by Gasteiger charge is 2.31. The summed E-state index contributed by atoms with van der Waals surface area (Å²) in [5.74, 6) is -4.44. The van der Waals surface area contributed by atoms with Gasteiger partial charge in [-0.05, 0) is 12.3 Å². The van der Waals surface area contributed by atoms with Gasteiger partial charge in [0.2, 0.25) is 5.91 Å². The van der Waals surface area contributed by atoms with Crippen molar-refractivity contribution in [1.82, 2.24) is 10.6 Å². The van der Waals surface area contributed by atoms with E-state index in [4.69, 9.17) is 14.9 Å². The van der Waals surface area contributed by atoms with Crippen LogP contribution in [0.1, 0.15) is 33.1 Å². The number of phosphoric acid groups is 1. The van der Waals surface area contributed by atoms with Crippen LogP contribution in [0, 0.1) is 5.92 Å². The van der Waals surface area contributed by atoms with Crippen LogP contribution in [0.4, 0.5) is 0 Å². The van der Waals surface area contributed by atoms with E-state index in [1.54, 1.807) is 13.8 Å². The maximum Gasteiger partial charge on any atom is 0.469 e. The summed E-state index contributed by atoms with van der Waals surface area (Å²) < 4.78 is 15.1. The average Bonchev–Trinajstić information content (AvgIpc) is 2.53. The zero-order valence-electron chi connectivity index (χ0n) is 15.5. The van der Waals surface area contributed by atoms with Gasteiger partial charge in [0, 0.05) is 6.42 Å². The van der Waals surface area contributed by atoms with Crippen molar-refractivity contribution in [3.63, 3.8) is 0 Å². The summed E-state index contributed by atoms with van der Waals surface area (Å²) in [6, 6.07) is -3.97. The first-order valence-electron chi connectivity index (χ1n) is 8.31. The third-order valence-corrected chi connectivity index (χ3v) is 3.93. The Morgan fingerprint density at radius 1 is 1.04 bits per heavy atom. The summed E-state index contributed by atoms with van der Waals surface area (Å²) in [4.78, 5) is 63.8. The maximum atomic E-state index is 12.3. The number of aliphatic carboxylic acids is 2. The summed E-state index contributed by atoms with van der Waals surface area (Å²) >= 11 is 0. The molecule has 0 aliphatic rings. The van der Waals surface area contributed by atoms with Gasteiger partial charge in [-0.2, -0.15) is 0 Å². The number of carboxylic acids is 2. The number of hydrogen-bond acceptors (Lipinski definition) is 6. The van der Waals surface area contributed by atoms with Crippen LogP contribution in [0.3, 0.4) is 0 Å². The predicted octanol–water partition coefficient (Wildman–Crippen LogP) is -2.33. The van der Waals surface area contributed by atoms with Crippen LogP contribution in [0.25, 0.3) is 0 Å². The lowest BCUT2D eigenvalue weighted by molar-refractivity contribution is -0.405. The van der Waals surface area contributed by atoms with Crippen molar-refractivity contribution in [2.75, 3.05) is 6.61 Å². The Hall–Kier alpha value is -2.05. The first kappa shape index (κ1) is 26.0. The number of rotatable bonds is 13. The van der Waals surface area contributed by atoms with Crippen molar-refractivity contribution in [1.29, 1.82) is 0 Å². The standard InChI is InChI=1S/C14H26N3O10P/c1-7(2)5-9(14(22)23)16-13(21)10(6-27-28(24,25)26)17-12(20)8(15)3-4-11(18)19/h7-10H,3-6,15H2,1-2H3,(H,16,21)(H,17,20)(H,18,19)(H,22,23)(H2,24,25,26)/p+1/t8-,9-,10-/m0/s1. The van der Waals surface area contributed by atoms with Crippen molar-refractivity contribution in [2.45, 2.75) is 51.2 Å². The van der Waals surface area contributed by atoms with E-state index in [0.717, 1.165) is 0 Å². The Morgan fingerprint density at radius 3 is 2.00 bits per heavy atom. The summed E-state index contributed by atoms with van der Waals surface area (Å²) in [6.45, 7) is 2.53. The minimum absolute atomic E-state index is 0.0810. The first-order valence-corrected chi connectivity index (χ1v) is 9.84. The molecule has 0 saturated carbocycles. The molecule has 0 saturated heterocycles. The van der Waals surface area contributed by atoms with Gasteiger partial charge in [-0.15, -0.1) is 0 Å². The van der Waals surface area contributed by atoms with Gasteiger partial charge in [0.1, 0.15) is 12.1 Å². The molecular formula is C14H27N3O10P+. The van der Waals surface area contributed by atoms with E-state index in [2.05, 4.69) is 20.9 Å². The molecule has 162 valence electrons. The second-order valence-electron chi connectivity index (χ2n) is 6.51. The zero-order chi connectivity index (χ0) is 22.1. The lowest BCUT2D eigenvalue weighted by Gasteiger charge is -2.23. The van der Waals surface area contributed by atoms with Crippen LogP contribution in [-0.4, -0.2) is 68.5 Å². The lowest BCUT2D eigenvalue weighted by Crippen LogP contribution is -2.69. The number of quaternary nitrogens is 1. The van der Waals surface area contributed by atoms with Crippen molar-refractivity contribution in [3.05, 3.63) is 0 Å². The van der Waals surface area contributed by atoms with Crippen molar-refractivity contribution < 1.29 is 54.0 Å². The molecule has 13 nitrogen and oxygen atoms in total. The Morgan fingerprint density at radius 2 is 1.57 bits per heavy atom. The molecule has 0 aromatic carbocycles. The molecular weight excluding hydrogens is 401 g/mol. The van der Waals surface area contributed by atoms with E-state index < -0.39 is 56.3 Å². The fourth-order valence-electron chi connectivity index (χ4n) is 2.04. The number of amides is 2. The monoisotopic (exact) mass is 428 g/mol. The Balaban J connectivity index is 5.19. The third-order valence-electron chi connectivity index (χ3n) is 3.44. The van der Waals surface area contributed by atoms with Crippen molar-refractivity contribution >= 4 is 31.6 Å². The van der Waals surface area contributed by atoms with Gasteiger partial charge in [0.05, 0.1) is 13.0 Å². The SMILES string of the molecule is CC(C)C[C@H](NC(=O)[C@H](COP(=O)(O)O)NC(=O)[C@@H]([NH3+])CCC(=O)O)C(=O)O. The average molecular weight is 428 g/mol. The molecule has 0 fully saturated rings. The van der Waals surface area contributed by atoms with Crippen LogP contribution >= 0.6 is 7.82 Å². The second kappa shape index (κ2) is 11.7. The Bertz CT molecular complexity index is 620. The molecule has 0 heterocycles. The van der Waals surface area contributed by atoms with E-state index >= 15 is 0 Å². The molecule has 0 aromatic rings. The van der Waals surface area contributed by atoms with E-state index in [0.29, 0.717) is 0 Å². The topological polar surface area (TPSA) is 227 Å². The quantitative estimate of drug-likeness (QED) is 0.155. The molecule has 0 bridgehead atoms. The highest BCUT2D eigenvalue weighted by atomic mass is 31.2. The van der Waals surface area contributed by atoms with Gasteiger partial charge >= 0.3 is 19.8 Å². The van der Waals surface area contributed by atoms with Gasteiger partial charge in [0.25, 0.3) is 5.91 Å². The first-order chi connectivity index (χ1) is 12.7. The number of carboxylic acid groups (broad SMARTS) is 2. The molecule has 0 aliphatic heterocycles. The number of hydrogen-bond donors (Lipinski definition) is 7. The molecule has 3 atom stereocenters. The molecule has 14 heteroatoms. The molecule has 0 aromatic heterocycles. The van der Waals surface area contributed by atoms with Gasteiger partial charge < -0.3 is 36.4 Å². The fourth-order valence-corrected chi connectivity index (χ4v) is 2.38. The second-order valence-corrected chi connectivity index (χ2v) is 7.75. The summed E-state index contributed by atoms with van der Waals surface area (Å²) in [7, 11) is -4.97. The number of phosphoric ester groups is 1. The van der Waals surface area contributed by atoms with Gasteiger partial charge in [-0.3, -0.25) is 18.9 Å². The third kappa shape index (κ3) is 11.6. The summed E-state index contributed by atoms with van der Waals surface area (Å²) in [5, 5.41) is 22.1. The van der Waals surface area contributed by atoms with Crippen LogP contribution in [-0.2, 0) is 28.3 Å². The molecule has 0 spiro atoms. The van der Waals surface area contributed by atoms with Crippen LogP contribution < -0.4 is 16.4 Å². The minimum atomic E-state index is -4.97. The highest BCUT2D eigenvalue weighted by Crippen LogP contribution is 2.35. The maximum absolute atomic E-state index is 12.3. The fraction of sp³-hybridized carbons (Fsp3) is 0.714. The minimum Gasteiger partial charge on any atom is -0.481 e. The highest BCUT2D eigenvalue weighted by molar-refractivity contribution is 7.46. The van der Waals surface area contributed by atoms with E-state index in [9.17, 15) is 28.8 Å². The van der Waals surface area contributed by atoms with Crippen LogP contribution in [0.5, 0.6) is 0 Å². The van der Waals surface area contributed by atoms with Gasteiger partial charge in [-0.1, -0.05) is 13.8 Å². The number of carbonyl (C=O) groups is 4.